The van der Waals surface area contributed by atoms with Crippen LogP contribution in [-0.2, 0) is 31.0 Å². The van der Waals surface area contributed by atoms with E-state index in [0.717, 1.165) is 46.3 Å². The molecule has 5 heterocycles. The molecule has 3 amide bonds. The molecule has 51 heavy (non-hydrogen) atoms. The summed E-state index contributed by atoms with van der Waals surface area (Å²) in [5.41, 5.74) is 7.38. The Morgan fingerprint density at radius 1 is 0.784 bits per heavy atom. The number of rotatable bonds is 12. The van der Waals surface area contributed by atoms with Crippen molar-refractivity contribution in [1.82, 2.24) is 44.0 Å². The van der Waals surface area contributed by atoms with Crippen molar-refractivity contribution in [1.29, 1.82) is 0 Å². The predicted molar refractivity (Wildman–Crippen MR) is 195 cm³/mol. The fourth-order valence-electron chi connectivity index (χ4n) is 6.72. The first kappa shape index (κ1) is 33.7. The summed E-state index contributed by atoms with van der Waals surface area (Å²) in [5, 5.41) is 18.0. The lowest BCUT2D eigenvalue weighted by atomic mass is 10.2. The SMILES string of the molecule is CCn1nc(C)cc1C(=O)Nc1nc2cc(C)ccc2n1CCCCn1c(NC(=O)c2cc(C)nn2CC)nc2c(N3CNCC3=O)cccc21. The van der Waals surface area contributed by atoms with Gasteiger partial charge in [-0.1, -0.05) is 12.1 Å². The van der Waals surface area contributed by atoms with Crippen molar-refractivity contribution in [2.45, 2.75) is 73.6 Å². The third-order valence-corrected chi connectivity index (χ3v) is 9.13. The molecule has 0 unspecified atom stereocenters. The summed E-state index contributed by atoms with van der Waals surface area (Å²) in [6, 6.07) is 15.4. The van der Waals surface area contributed by atoms with Crippen molar-refractivity contribution >= 4 is 57.4 Å². The molecule has 4 aromatic heterocycles. The maximum atomic E-state index is 13.6. The van der Waals surface area contributed by atoms with E-state index in [1.54, 1.807) is 26.4 Å². The molecule has 1 fully saturated rings. The van der Waals surface area contributed by atoms with Gasteiger partial charge < -0.3 is 9.13 Å². The van der Waals surface area contributed by atoms with Crippen LogP contribution in [0.1, 0.15) is 64.6 Å². The zero-order valence-corrected chi connectivity index (χ0v) is 29.5. The lowest BCUT2D eigenvalue weighted by Crippen LogP contribution is -2.25. The van der Waals surface area contributed by atoms with Gasteiger partial charge in [0.1, 0.15) is 16.9 Å². The third-order valence-electron chi connectivity index (χ3n) is 9.13. The van der Waals surface area contributed by atoms with Gasteiger partial charge in [0.2, 0.25) is 17.8 Å². The topological polar surface area (TPSA) is 162 Å². The van der Waals surface area contributed by atoms with Crippen molar-refractivity contribution in [2.24, 2.45) is 0 Å². The number of aryl methyl sites for hydroxylation is 7. The number of hydrogen-bond acceptors (Lipinski definition) is 8. The maximum absolute atomic E-state index is 13.6. The van der Waals surface area contributed by atoms with E-state index in [2.05, 4.69) is 26.1 Å². The van der Waals surface area contributed by atoms with Crippen molar-refractivity contribution in [2.75, 3.05) is 28.7 Å². The van der Waals surface area contributed by atoms with Crippen LogP contribution in [-0.4, -0.2) is 69.6 Å². The smallest absolute Gasteiger partial charge is 0.276 e. The number of imidazole rings is 2. The number of unbranched alkanes of at least 4 members (excludes halogenated alkanes) is 1. The molecule has 1 aliphatic rings. The van der Waals surface area contributed by atoms with Crippen LogP contribution < -0.4 is 20.9 Å². The van der Waals surface area contributed by atoms with Gasteiger partial charge in [-0.2, -0.15) is 10.2 Å². The van der Waals surface area contributed by atoms with Gasteiger partial charge in [-0.25, -0.2) is 9.97 Å². The molecule has 15 nitrogen and oxygen atoms in total. The molecular weight excluding hydrogens is 648 g/mol. The summed E-state index contributed by atoms with van der Waals surface area (Å²) in [6.07, 6.45) is 1.45. The van der Waals surface area contributed by atoms with Crippen LogP contribution in [0.4, 0.5) is 17.6 Å². The molecule has 3 N–H and O–H groups in total. The second-order valence-corrected chi connectivity index (χ2v) is 12.8. The van der Waals surface area contributed by atoms with Crippen LogP contribution in [0.3, 0.4) is 0 Å². The number of para-hydroxylation sites is 1. The number of amides is 3. The standard InChI is InChI=1S/C36H42N12O3/c1-6-47-29(18-23(4)42-47)33(50)40-35-38-25-17-22(3)13-14-26(25)44(35)15-8-9-16-45-27-11-10-12-28(46-21-37-20-31(46)49)32(27)39-36(45)41-34(51)30-19-24(5)43-48(30)7-2/h10-14,17-19,37H,6-9,15-16,20-21H2,1-5H3,(H,38,40,50)(H,39,41,51). The minimum absolute atomic E-state index is 0.0371. The second kappa shape index (κ2) is 13.8. The molecule has 15 heteroatoms. The average Bonchev–Trinajstić information content (AvgIpc) is 3.93. The molecule has 7 rings (SSSR count). The van der Waals surface area contributed by atoms with E-state index in [1.807, 2.05) is 80.2 Å². The van der Waals surface area contributed by atoms with Gasteiger partial charge in [-0.15, -0.1) is 0 Å². The normalized spacial score (nSPS) is 13.2. The van der Waals surface area contributed by atoms with E-state index in [9.17, 15) is 14.4 Å². The van der Waals surface area contributed by atoms with Crippen molar-refractivity contribution in [3.05, 3.63) is 76.9 Å². The van der Waals surface area contributed by atoms with Crippen LogP contribution >= 0.6 is 0 Å². The van der Waals surface area contributed by atoms with E-state index >= 15 is 0 Å². The lowest BCUT2D eigenvalue weighted by molar-refractivity contribution is -0.116. The van der Waals surface area contributed by atoms with Crippen LogP contribution in [0, 0.1) is 20.8 Å². The summed E-state index contributed by atoms with van der Waals surface area (Å²) < 4.78 is 7.39. The Balaban J connectivity index is 1.16. The summed E-state index contributed by atoms with van der Waals surface area (Å²) in [7, 11) is 0. The van der Waals surface area contributed by atoms with Crippen LogP contribution in [0.5, 0.6) is 0 Å². The molecule has 264 valence electrons. The van der Waals surface area contributed by atoms with Gasteiger partial charge in [0.25, 0.3) is 11.8 Å². The van der Waals surface area contributed by atoms with Crippen molar-refractivity contribution in [3.63, 3.8) is 0 Å². The molecule has 1 saturated heterocycles. The molecule has 2 aromatic carbocycles. The molecule has 1 aliphatic heterocycles. The zero-order valence-electron chi connectivity index (χ0n) is 29.5. The van der Waals surface area contributed by atoms with Crippen LogP contribution in [0.2, 0.25) is 0 Å². The molecule has 0 aliphatic carbocycles. The Hall–Kier alpha value is -5.83. The Morgan fingerprint density at radius 3 is 1.98 bits per heavy atom. The predicted octanol–water partition coefficient (Wildman–Crippen LogP) is 4.62. The fourth-order valence-corrected chi connectivity index (χ4v) is 6.72. The minimum atomic E-state index is -0.311. The highest BCUT2D eigenvalue weighted by molar-refractivity contribution is 6.06. The number of anilines is 3. The highest BCUT2D eigenvalue weighted by Gasteiger charge is 2.26. The molecule has 0 atom stereocenters. The number of carbonyl (C=O) groups excluding carboxylic acids is 3. The number of fused-ring (bicyclic) bond motifs is 2. The number of nitrogens with zero attached hydrogens (tertiary/aromatic N) is 9. The third kappa shape index (κ3) is 6.47. The van der Waals surface area contributed by atoms with Crippen molar-refractivity contribution < 1.29 is 14.4 Å². The quantitative estimate of drug-likeness (QED) is 0.157. The van der Waals surface area contributed by atoms with E-state index in [1.165, 1.54) is 0 Å². The highest BCUT2D eigenvalue weighted by Crippen LogP contribution is 2.31. The van der Waals surface area contributed by atoms with E-state index in [-0.39, 0.29) is 24.3 Å². The Kier molecular flexibility index (Phi) is 9.12. The fraction of sp³-hybridized carbons (Fsp3) is 0.361. The Labute approximate surface area is 294 Å². The summed E-state index contributed by atoms with van der Waals surface area (Å²) in [5.74, 6) is 0.250. The van der Waals surface area contributed by atoms with Gasteiger partial charge in [-0.3, -0.25) is 44.6 Å². The number of carbonyl (C=O) groups is 3. The molecule has 6 aromatic rings. The highest BCUT2D eigenvalue weighted by atomic mass is 16.2. The molecule has 0 spiro atoms. The number of hydrogen-bond donors (Lipinski definition) is 3. The zero-order chi connectivity index (χ0) is 35.8. The minimum Gasteiger partial charge on any atom is -0.310 e. The monoisotopic (exact) mass is 690 g/mol. The van der Waals surface area contributed by atoms with E-state index in [4.69, 9.17) is 9.97 Å². The molecule has 0 bridgehead atoms. The van der Waals surface area contributed by atoms with E-state index < -0.39 is 0 Å². The summed E-state index contributed by atoms with van der Waals surface area (Å²) >= 11 is 0. The molecular formula is C36H42N12O3. The van der Waals surface area contributed by atoms with Gasteiger partial charge in [0.15, 0.2) is 0 Å². The van der Waals surface area contributed by atoms with Crippen molar-refractivity contribution in [3.8, 4) is 0 Å². The first-order valence-electron chi connectivity index (χ1n) is 17.3. The first-order chi connectivity index (χ1) is 24.6. The van der Waals surface area contributed by atoms with Crippen LogP contribution in [0.25, 0.3) is 22.1 Å². The Morgan fingerprint density at radius 2 is 1.39 bits per heavy atom. The molecule has 0 radical (unpaired) electrons. The number of nitrogens with one attached hydrogen (secondary N) is 3. The largest absolute Gasteiger partial charge is 0.310 e. The number of benzene rings is 2. The summed E-state index contributed by atoms with van der Waals surface area (Å²) in [4.78, 5) is 51.1. The van der Waals surface area contributed by atoms with Gasteiger partial charge >= 0.3 is 0 Å². The average molecular weight is 691 g/mol. The van der Waals surface area contributed by atoms with E-state index in [0.29, 0.717) is 67.3 Å². The lowest BCUT2D eigenvalue weighted by Gasteiger charge is -2.15. The van der Waals surface area contributed by atoms with Gasteiger partial charge in [-0.05, 0) is 89.4 Å². The van der Waals surface area contributed by atoms with Gasteiger partial charge in [0.05, 0.1) is 46.8 Å². The summed E-state index contributed by atoms with van der Waals surface area (Å²) in [6.45, 7) is 12.5. The Bertz CT molecular complexity index is 2290. The maximum Gasteiger partial charge on any atom is 0.276 e. The second-order valence-electron chi connectivity index (χ2n) is 12.8. The first-order valence-corrected chi connectivity index (χ1v) is 17.3. The molecule has 0 saturated carbocycles. The van der Waals surface area contributed by atoms with Gasteiger partial charge in [0, 0.05) is 26.2 Å². The number of aromatic nitrogens is 8. The van der Waals surface area contributed by atoms with Crippen LogP contribution in [0.15, 0.2) is 48.5 Å².